The van der Waals surface area contributed by atoms with Gasteiger partial charge in [-0.3, -0.25) is 5.32 Å². The number of benzene rings is 1. The van der Waals surface area contributed by atoms with Crippen molar-refractivity contribution in [2.75, 3.05) is 26.7 Å². The molecule has 0 aromatic heterocycles. The van der Waals surface area contributed by atoms with Crippen molar-refractivity contribution in [1.29, 1.82) is 5.26 Å². The molecular formula is C18H27N3. The number of rotatable bonds is 5. The molecule has 1 aromatic carbocycles. The average molecular weight is 285 g/mol. The highest BCUT2D eigenvalue weighted by Gasteiger charge is 2.34. The summed E-state index contributed by atoms with van der Waals surface area (Å²) in [5.41, 5.74) is 0.451. The molecule has 3 heteroatoms. The molecule has 1 atom stereocenters. The third-order valence-corrected chi connectivity index (χ3v) is 4.92. The SMILES string of the molecule is CNC(C#N)(CN1CCC(C(C)C)CC1)c1ccccc1. The quantitative estimate of drug-likeness (QED) is 0.904. The molecule has 1 saturated heterocycles. The Hall–Kier alpha value is -1.37. The van der Waals surface area contributed by atoms with E-state index in [2.05, 4.69) is 30.1 Å². The molecule has 0 bridgehead atoms. The topological polar surface area (TPSA) is 39.1 Å². The van der Waals surface area contributed by atoms with E-state index < -0.39 is 5.54 Å². The third kappa shape index (κ3) is 3.64. The van der Waals surface area contributed by atoms with E-state index in [4.69, 9.17) is 0 Å². The van der Waals surface area contributed by atoms with Crippen molar-refractivity contribution in [3.05, 3.63) is 35.9 Å². The Morgan fingerprint density at radius 3 is 2.38 bits per heavy atom. The van der Waals surface area contributed by atoms with Gasteiger partial charge in [-0.25, -0.2) is 0 Å². The minimum Gasteiger partial charge on any atom is -0.300 e. The molecule has 1 N–H and O–H groups in total. The van der Waals surface area contributed by atoms with Crippen molar-refractivity contribution in [2.24, 2.45) is 11.8 Å². The molecule has 1 unspecified atom stereocenters. The lowest BCUT2D eigenvalue weighted by Gasteiger charge is -2.38. The Labute approximate surface area is 129 Å². The largest absolute Gasteiger partial charge is 0.300 e. The van der Waals surface area contributed by atoms with Gasteiger partial charge >= 0.3 is 0 Å². The fraction of sp³-hybridized carbons (Fsp3) is 0.611. The van der Waals surface area contributed by atoms with Gasteiger partial charge in [0.25, 0.3) is 0 Å². The summed E-state index contributed by atoms with van der Waals surface area (Å²) in [5.74, 6) is 1.61. The summed E-state index contributed by atoms with van der Waals surface area (Å²) >= 11 is 0. The predicted octanol–water partition coefficient (Wildman–Crippen LogP) is 2.99. The summed E-state index contributed by atoms with van der Waals surface area (Å²) in [4.78, 5) is 2.44. The number of nitriles is 1. The van der Waals surface area contributed by atoms with E-state index in [1.165, 1.54) is 12.8 Å². The zero-order valence-electron chi connectivity index (χ0n) is 13.5. The molecule has 21 heavy (non-hydrogen) atoms. The van der Waals surface area contributed by atoms with E-state index in [1.54, 1.807) is 0 Å². The highest BCUT2D eigenvalue weighted by Crippen LogP contribution is 2.27. The molecule has 3 nitrogen and oxygen atoms in total. The van der Waals surface area contributed by atoms with Crippen LogP contribution in [0.15, 0.2) is 30.3 Å². The van der Waals surface area contributed by atoms with Crippen LogP contribution in [0.25, 0.3) is 0 Å². The second-order valence-electron chi connectivity index (χ2n) is 6.49. The van der Waals surface area contributed by atoms with Gasteiger partial charge in [-0.1, -0.05) is 44.2 Å². The van der Waals surface area contributed by atoms with E-state index in [-0.39, 0.29) is 0 Å². The van der Waals surface area contributed by atoms with Gasteiger partial charge in [0.1, 0.15) is 5.54 Å². The average Bonchev–Trinajstić information content (AvgIpc) is 2.54. The zero-order chi connectivity index (χ0) is 15.3. The van der Waals surface area contributed by atoms with Gasteiger partial charge in [-0.05, 0) is 50.4 Å². The summed E-state index contributed by atoms with van der Waals surface area (Å²) in [6.45, 7) is 7.59. The van der Waals surface area contributed by atoms with Crippen molar-refractivity contribution in [3.63, 3.8) is 0 Å². The zero-order valence-corrected chi connectivity index (χ0v) is 13.5. The molecular weight excluding hydrogens is 258 g/mol. The van der Waals surface area contributed by atoms with Crippen LogP contribution in [0.1, 0.15) is 32.3 Å². The molecule has 0 amide bonds. The van der Waals surface area contributed by atoms with Crippen molar-refractivity contribution in [3.8, 4) is 6.07 Å². The van der Waals surface area contributed by atoms with Crippen molar-refractivity contribution in [1.82, 2.24) is 10.2 Å². The van der Waals surface area contributed by atoms with Crippen LogP contribution in [-0.2, 0) is 5.54 Å². The van der Waals surface area contributed by atoms with Crippen LogP contribution < -0.4 is 5.32 Å². The molecule has 0 aliphatic carbocycles. The minimum absolute atomic E-state index is 0.605. The lowest BCUT2D eigenvalue weighted by atomic mass is 9.85. The van der Waals surface area contributed by atoms with Gasteiger partial charge in [0, 0.05) is 6.54 Å². The minimum atomic E-state index is -0.605. The summed E-state index contributed by atoms with van der Waals surface area (Å²) in [6, 6.07) is 12.6. The van der Waals surface area contributed by atoms with Crippen LogP contribution in [0, 0.1) is 23.2 Å². The monoisotopic (exact) mass is 285 g/mol. The first kappa shape index (κ1) is 16.0. The van der Waals surface area contributed by atoms with Gasteiger partial charge in [0.2, 0.25) is 0 Å². The molecule has 1 aliphatic heterocycles. The Kier molecular flexibility index (Phi) is 5.39. The molecule has 1 aliphatic rings. The first-order chi connectivity index (χ1) is 10.1. The predicted molar refractivity (Wildman–Crippen MR) is 86.8 cm³/mol. The molecule has 1 fully saturated rings. The van der Waals surface area contributed by atoms with Crippen LogP contribution in [0.2, 0.25) is 0 Å². The molecule has 0 spiro atoms. The number of hydrogen-bond acceptors (Lipinski definition) is 3. The standard InChI is InChI=1S/C18H27N3/c1-15(2)16-9-11-21(12-10-16)14-18(13-19,20-3)17-7-5-4-6-8-17/h4-8,15-16,20H,9-12,14H2,1-3H3. The summed E-state index contributed by atoms with van der Waals surface area (Å²) in [6.07, 6.45) is 2.50. The van der Waals surface area contributed by atoms with Crippen LogP contribution in [0.3, 0.4) is 0 Å². The Morgan fingerprint density at radius 2 is 1.90 bits per heavy atom. The lowest BCUT2D eigenvalue weighted by Crippen LogP contribution is -2.50. The fourth-order valence-electron chi connectivity index (χ4n) is 3.31. The summed E-state index contributed by atoms with van der Waals surface area (Å²) < 4.78 is 0. The number of nitrogens with one attached hydrogen (secondary N) is 1. The normalized spacial score (nSPS) is 20.1. The van der Waals surface area contributed by atoms with Gasteiger partial charge in [0.15, 0.2) is 0 Å². The molecule has 114 valence electrons. The van der Waals surface area contributed by atoms with Gasteiger partial charge in [-0.2, -0.15) is 5.26 Å². The number of likely N-dealkylation sites (tertiary alicyclic amines) is 1. The molecule has 1 aromatic rings. The van der Waals surface area contributed by atoms with E-state index in [0.717, 1.165) is 37.0 Å². The molecule has 0 saturated carbocycles. The van der Waals surface area contributed by atoms with E-state index in [0.29, 0.717) is 0 Å². The number of piperidine rings is 1. The van der Waals surface area contributed by atoms with Crippen LogP contribution in [0.5, 0.6) is 0 Å². The highest BCUT2D eigenvalue weighted by molar-refractivity contribution is 5.32. The van der Waals surface area contributed by atoms with Gasteiger partial charge < -0.3 is 4.90 Å². The fourth-order valence-corrected chi connectivity index (χ4v) is 3.31. The Balaban J connectivity index is 2.07. The maximum atomic E-state index is 9.76. The van der Waals surface area contributed by atoms with E-state index in [9.17, 15) is 5.26 Å². The number of hydrogen-bond donors (Lipinski definition) is 1. The maximum absolute atomic E-state index is 9.76. The number of likely N-dealkylation sites (N-methyl/N-ethyl adjacent to an activating group) is 1. The second-order valence-corrected chi connectivity index (χ2v) is 6.49. The van der Waals surface area contributed by atoms with Gasteiger partial charge in [-0.15, -0.1) is 0 Å². The summed E-state index contributed by atoms with van der Waals surface area (Å²) in [7, 11) is 1.89. The maximum Gasteiger partial charge on any atom is 0.144 e. The smallest absolute Gasteiger partial charge is 0.144 e. The first-order valence-electron chi connectivity index (χ1n) is 7.99. The molecule has 2 rings (SSSR count). The van der Waals surface area contributed by atoms with Crippen LogP contribution in [-0.4, -0.2) is 31.6 Å². The van der Waals surface area contributed by atoms with Crippen LogP contribution in [0.4, 0.5) is 0 Å². The van der Waals surface area contributed by atoms with E-state index >= 15 is 0 Å². The Bertz CT molecular complexity index is 469. The second kappa shape index (κ2) is 7.06. The Morgan fingerprint density at radius 1 is 1.29 bits per heavy atom. The van der Waals surface area contributed by atoms with E-state index in [1.807, 2.05) is 37.4 Å². The summed E-state index contributed by atoms with van der Waals surface area (Å²) in [5, 5.41) is 13.0. The third-order valence-electron chi connectivity index (χ3n) is 4.92. The van der Waals surface area contributed by atoms with Crippen molar-refractivity contribution < 1.29 is 0 Å². The van der Waals surface area contributed by atoms with Crippen LogP contribution >= 0.6 is 0 Å². The van der Waals surface area contributed by atoms with Crippen molar-refractivity contribution >= 4 is 0 Å². The molecule has 1 heterocycles. The van der Waals surface area contributed by atoms with Gasteiger partial charge in [0.05, 0.1) is 6.07 Å². The molecule has 0 radical (unpaired) electrons. The highest BCUT2D eigenvalue weighted by atomic mass is 15.2. The first-order valence-corrected chi connectivity index (χ1v) is 7.99. The number of nitrogens with zero attached hydrogens (tertiary/aromatic N) is 2. The lowest BCUT2D eigenvalue weighted by molar-refractivity contribution is 0.133. The van der Waals surface area contributed by atoms with Crippen molar-refractivity contribution in [2.45, 2.75) is 32.2 Å².